The Morgan fingerprint density at radius 3 is 1.12 bits per heavy atom. The van der Waals surface area contributed by atoms with Crippen LogP contribution < -0.4 is 0 Å². The molecule has 0 amide bonds. The van der Waals surface area contributed by atoms with E-state index in [0.717, 1.165) is 122 Å². The zero-order valence-corrected chi connectivity index (χ0v) is 42.7. The van der Waals surface area contributed by atoms with Crippen molar-refractivity contribution in [1.29, 1.82) is 0 Å². The lowest BCUT2D eigenvalue weighted by Crippen LogP contribution is -2.30. The number of esters is 2. The van der Waals surface area contributed by atoms with Crippen LogP contribution in [-0.4, -0.2) is 37.9 Å². The van der Waals surface area contributed by atoms with E-state index >= 15 is 0 Å². The Bertz CT molecular complexity index is 1400. The van der Waals surface area contributed by atoms with E-state index in [1.165, 1.54) is 57.8 Å². The topological polar surface area (TPSA) is 61.8 Å². The molecule has 0 heterocycles. The van der Waals surface area contributed by atoms with E-state index in [1.54, 1.807) is 0 Å². The monoisotopic (exact) mass is 911 g/mol. The Labute approximate surface area is 407 Å². The summed E-state index contributed by atoms with van der Waals surface area (Å²) >= 11 is 0. The highest BCUT2D eigenvalue weighted by atomic mass is 16.6. The second-order valence-corrected chi connectivity index (χ2v) is 17.0. The van der Waals surface area contributed by atoms with E-state index in [0.29, 0.717) is 19.4 Å². The number of carbonyl (C=O) groups excluding carboxylic acids is 2. The maximum absolute atomic E-state index is 12.8. The third-order valence-electron chi connectivity index (χ3n) is 10.7. The third kappa shape index (κ3) is 52.7. The Morgan fingerprint density at radius 2 is 0.682 bits per heavy atom. The molecule has 0 fully saturated rings. The number of rotatable bonds is 47. The standard InChI is InChI=1S/C61H98O5/c1-4-7-10-13-16-19-22-25-28-30-31-32-34-36-39-42-45-48-51-54-60(62)65-58-59(57-64-56-53-50-47-44-41-38-35-29-26-23-20-17-14-11-8-5-2)66-61(63)55-52-49-46-43-40-37-33-27-24-21-18-15-12-9-6-3/h7-8,10-11,16-17,19-20,25-29,31-33,36,38-39,41,47,50,59H,4-6,9,12-15,18,21-24,30,34-35,37,40,42-46,48-49,51-58H2,1-3H3/b10-7-,11-8-,19-16-,20-17-,28-25-,29-26-,32-31-,33-27-,39-36-,41-38-,50-47-. The molecule has 0 spiro atoms. The summed E-state index contributed by atoms with van der Waals surface area (Å²) in [6.45, 7) is 7.33. The van der Waals surface area contributed by atoms with E-state index in [2.05, 4.69) is 154 Å². The molecule has 0 aromatic carbocycles. The zero-order chi connectivity index (χ0) is 47.7. The normalized spacial score (nSPS) is 13.3. The van der Waals surface area contributed by atoms with Gasteiger partial charge in [0.1, 0.15) is 6.61 Å². The second kappa shape index (κ2) is 55.4. The molecule has 66 heavy (non-hydrogen) atoms. The van der Waals surface area contributed by atoms with E-state index in [4.69, 9.17) is 14.2 Å². The molecule has 1 unspecified atom stereocenters. The molecule has 1 atom stereocenters. The molecule has 0 aliphatic heterocycles. The number of hydrogen-bond donors (Lipinski definition) is 0. The van der Waals surface area contributed by atoms with E-state index < -0.39 is 6.10 Å². The van der Waals surface area contributed by atoms with Crippen LogP contribution in [0.25, 0.3) is 0 Å². The third-order valence-corrected chi connectivity index (χ3v) is 10.7. The molecule has 0 bridgehead atoms. The van der Waals surface area contributed by atoms with Crippen molar-refractivity contribution < 1.29 is 23.8 Å². The van der Waals surface area contributed by atoms with Crippen LogP contribution >= 0.6 is 0 Å². The predicted molar refractivity (Wildman–Crippen MR) is 288 cm³/mol. The first-order chi connectivity index (χ1) is 32.6. The molecule has 0 saturated heterocycles. The molecule has 0 aromatic heterocycles. The summed E-state index contributed by atoms with van der Waals surface area (Å²) in [4.78, 5) is 25.4. The molecule has 0 N–H and O–H groups in total. The first-order valence-electron chi connectivity index (χ1n) is 26.7. The van der Waals surface area contributed by atoms with Gasteiger partial charge in [0.2, 0.25) is 0 Å². The first kappa shape index (κ1) is 62.0. The minimum absolute atomic E-state index is 0.0264. The van der Waals surface area contributed by atoms with Crippen LogP contribution in [0.5, 0.6) is 0 Å². The lowest BCUT2D eigenvalue weighted by atomic mass is 10.1. The summed E-state index contributed by atoms with van der Waals surface area (Å²) in [5.74, 6) is -0.493. The van der Waals surface area contributed by atoms with E-state index in [1.807, 2.05) is 0 Å². The van der Waals surface area contributed by atoms with Crippen LogP contribution in [0, 0.1) is 0 Å². The Hall–Kier alpha value is -3.96. The highest BCUT2D eigenvalue weighted by Gasteiger charge is 2.17. The molecule has 0 radical (unpaired) electrons. The van der Waals surface area contributed by atoms with Crippen molar-refractivity contribution in [2.75, 3.05) is 19.8 Å². The molecule has 0 aliphatic rings. The molecular formula is C61H98O5. The fraction of sp³-hybridized carbons (Fsp3) is 0.607. The second-order valence-electron chi connectivity index (χ2n) is 17.0. The van der Waals surface area contributed by atoms with Gasteiger partial charge >= 0.3 is 11.9 Å². The maximum atomic E-state index is 12.8. The number of ether oxygens (including phenoxy) is 3. The predicted octanol–water partition coefficient (Wildman–Crippen LogP) is 18.3. The molecule has 0 rings (SSSR count). The van der Waals surface area contributed by atoms with Crippen molar-refractivity contribution in [2.24, 2.45) is 0 Å². The van der Waals surface area contributed by atoms with Crippen molar-refractivity contribution in [2.45, 2.75) is 219 Å². The van der Waals surface area contributed by atoms with Gasteiger partial charge in [-0.15, -0.1) is 0 Å². The van der Waals surface area contributed by atoms with Crippen molar-refractivity contribution in [1.82, 2.24) is 0 Å². The van der Waals surface area contributed by atoms with Gasteiger partial charge in [0, 0.05) is 12.8 Å². The minimum atomic E-state index is -0.603. The van der Waals surface area contributed by atoms with Crippen LogP contribution in [0.3, 0.4) is 0 Å². The molecule has 5 heteroatoms. The largest absolute Gasteiger partial charge is 0.462 e. The summed E-state index contributed by atoms with van der Waals surface area (Å²) < 4.78 is 17.3. The molecular weight excluding hydrogens is 813 g/mol. The van der Waals surface area contributed by atoms with E-state index in [-0.39, 0.29) is 25.2 Å². The highest BCUT2D eigenvalue weighted by Crippen LogP contribution is 2.12. The molecule has 0 aliphatic carbocycles. The number of hydrogen-bond acceptors (Lipinski definition) is 5. The van der Waals surface area contributed by atoms with Crippen LogP contribution in [0.4, 0.5) is 0 Å². The van der Waals surface area contributed by atoms with Gasteiger partial charge in [-0.2, -0.15) is 0 Å². The van der Waals surface area contributed by atoms with Gasteiger partial charge < -0.3 is 14.2 Å². The van der Waals surface area contributed by atoms with Crippen molar-refractivity contribution in [3.05, 3.63) is 134 Å². The zero-order valence-electron chi connectivity index (χ0n) is 42.7. The molecule has 0 saturated carbocycles. The number of allylic oxidation sites excluding steroid dienone is 21. The smallest absolute Gasteiger partial charge is 0.306 e. The van der Waals surface area contributed by atoms with Gasteiger partial charge in [0.05, 0.1) is 13.2 Å². The summed E-state index contributed by atoms with van der Waals surface area (Å²) in [5.41, 5.74) is 0. The van der Waals surface area contributed by atoms with Crippen molar-refractivity contribution in [3.63, 3.8) is 0 Å². The SMILES string of the molecule is CC/C=C\C/C=C\C/C=C\C/C=C\C/C=C\CCCCCC(=O)OCC(COCC/C=C\C/C=C\C/C=C\C/C=C\C/C=C\CC)OC(=O)CCCCCCC/C=C\CCCCCCCC. The summed E-state index contributed by atoms with van der Waals surface area (Å²) in [7, 11) is 0. The van der Waals surface area contributed by atoms with Crippen LogP contribution in [0.15, 0.2) is 134 Å². The number of carbonyl (C=O) groups is 2. The van der Waals surface area contributed by atoms with Crippen molar-refractivity contribution >= 4 is 11.9 Å². The van der Waals surface area contributed by atoms with Crippen LogP contribution in [0.1, 0.15) is 213 Å². The Morgan fingerprint density at radius 1 is 0.348 bits per heavy atom. The first-order valence-corrected chi connectivity index (χ1v) is 26.7. The van der Waals surface area contributed by atoms with Crippen LogP contribution in [-0.2, 0) is 23.8 Å². The summed E-state index contributed by atoms with van der Waals surface area (Å²) in [6, 6.07) is 0. The Balaban J connectivity index is 4.48. The molecule has 0 aromatic rings. The summed E-state index contributed by atoms with van der Waals surface area (Å²) in [5, 5.41) is 0. The maximum Gasteiger partial charge on any atom is 0.306 e. The highest BCUT2D eigenvalue weighted by molar-refractivity contribution is 5.70. The minimum Gasteiger partial charge on any atom is -0.462 e. The van der Waals surface area contributed by atoms with Gasteiger partial charge in [-0.05, 0) is 122 Å². The number of unbranched alkanes of at least 4 members (excludes halogenated alkanes) is 14. The lowest BCUT2D eigenvalue weighted by molar-refractivity contribution is -0.162. The average Bonchev–Trinajstić information content (AvgIpc) is 3.32. The van der Waals surface area contributed by atoms with Gasteiger partial charge in [-0.25, -0.2) is 0 Å². The van der Waals surface area contributed by atoms with Gasteiger partial charge in [0.25, 0.3) is 0 Å². The fourth-order valence-electron chi connectivity index (χ4n) is 6.77. The molecule has 5 nitrogen and oxygen atoms in total. The lowest BCUT2D eigenvalue weighted by Gasteiger charge is -2.18. The van der Waals surface area contributed by atoms with Gasteiger partial charge in [0.15, 0.2) is 6.10 Å². The summed E-state index contributed by atoms with van der Waals surface area (Å²) in [6.07, 6.45) is 79.1. The van der Waals surface area contributed by atoms with Crippen molar-refractivity contribution in [3.8, 4) is 0 Å². The molecule has 372 valence electrons. The van der Waals surface area contributed by atoms with E-state index in [9.17, 15) is 9.59 Å². The fourth-order valence-corrected chi connectivity index (χ4v) is 6.77. The quantitative estimate of drug-likeness (QED) is 0.0346. The van der Waals surface area contributed by atoms with Gasteiger partial charge in [-0.3, -0.25) is 9.59 Å². The Kier molecular flexibility index (Phi) is 52.0. The van der Waals surface area contributed by atoms with Gasteiger partial charge in [-0.1, -0.05) is 212 Å². The van der Waals surface area contributed by atoms with Crippen LogP contribution in [0.2, 0.25) is 0 Å². The average molecular weight is 911 g/mol.